The second-order valence-corrected chi connectivity index (χ2v) is 4.81. The van der Waals surface area contributed by atoms with Gasteiger partial charge in [-0.1, -0.05) is 35.0 Å². The van der Waals surface area contributed by atoms with E-state index in [0.717, 1.165) is 19.4 Å². The van der Waals surface area contributed by atoms with Crippen LogP contribution in [0.15, 0.2) is 27.7 Å². The molecule has 0 fully saturated rings. The summed E-state index contributed by atoms with van der Waals surface area (Å²) < 4.78 is 1.20. The minimum absolute atomic E-state index is 0.954. The van der Waals surface area contributed by atoms with Crippen LogP contribution in [0.1, 0.15) is 37.3 Å². The zero-order valence-corrected chi connectivity index (χ0v) is 10.7. The number of hydrogen-bond donors (Lipinski definition) is 0. The molecule has 80 valence electrons. The average molecular weight is 266 g/mol. The van der Waals surface area contributed by atoms with Gasteiger partial charge in [0.1, 0.15) is 0 Å². The Hall–Kier alpha value is -0.630. The van der Waals surface area contributed by atoms with Crippen molar-refractivity contribution in [2.75, 3.05) is 6.54 Å². The Bertz CT molecular complexity index is 382. The van der Waals surface area contributed by atoms with Crippen molar-refractivity contribution in [1.29, 1.82) is 0 Å². The van der Waals surface area contributed by atoms with E-state index in [0.29, 0.717) is 0 Å². The fourth-order valence-corrected chi connectivity index (χ4v) is 2.71. The number of aryl methyl sites for hydroxylation is 1. The fraction of sp³-hybridized carbons (Fsp3) is 0.462. The smallest absolute Gasteiger partial charge is 0.0434 e. The van der Waals surface area contributed by atoms with Crippen LogP contribution in [0, 0.1) is 0 Å². The maximum absolute atomic E-state index is 4.69. The predicted molar refractivity (Wildman–Crippen MR) is 68.8 cm³/mol. The van der Waals surface area contributed by atoms with Gasteiger partial charge in [0.15, 0.2) is 0 Å². The highest BCUT2D eigenvalue weighted by atomic mass is 79.9. The van der Waals surface area contributed by atoms with Gasteiger partial charge in [-0.2, -0.15) is 0 Å². The molecule has 0 radical (unpaired) electrons. The largest absolute Gasteiger partial charge is 0.289 e. The third-order valence-corrected chi connectivity index (χ3v) is 3.44. The van der Waals surface area contributed by atoms with Crippen LogP contribution in [0.4, 0.5) is 0 Å². The molecule has 0 saturated carbocycles. The lowest BCUT2D eigenvalue weighted by molar-refractivity contribution is 0.824. The van der Waals surface area contributed by atoms with Crippen molar-refractivity contribution in [1.82, 2.24) is 0 Å². The summed E-state index contributed by atoms with van der Waals surface area (Å²) in [4.78, 5) is 4.69. The first-order valence-corrected chi connectivity index (χ1v) is 6.43. The lowest BCUT2D eigenvalue weighted by Crippen LogP contribution is -2.13. The maximum Gasteiger partial charge on any atom is 0.0434 e. The number of benzene rings is 1. The van der Waals surface area contributed by atoms with E-state index >= 15 is 0 Å². The predicted octanol–water partition coefficient (Wildman–Crippen LogP) is 3.98. The van der Waals surface area contributed by atoms with Crippen LogP contribution in [0.3, 0.4) is 0 Å². The van der Waals surface area contributed by atoms with Gasteiger partial charge in [-0.3, -0.25) is 4.99 Å². The second kappa shape index (κ2) is 4.93. The Balaban J connectivity index is 2.41. The van der Waals surface area contributed by atoms with E-state index in [1.54, 1.807) is 0 Å². The monoisotopic (exact) mass is 265 g/mol. The summed E-state index contributed by atoms with van der Waals surface area (Å²) in [6, 6.07) is 6.46. The Labute approximate surface area is 99.7 Å². The van der Waals surface area contributed by atoms with Crippen LogP contribution in [-0.4, -0.2) is 12.3 Å². The molecule has 1 nitrogen and oxygen atoms in total. The van der Waals surface area contributed by atoms with Crippen LogP contribution >= 0.6 is 15.9 Å². The molecule has 1 aromatic rings. The summed E-state index contributed by atoms with van der Waals surface area (Å²) in [6.45, 7) is 3.13. The van der Waals surface area contributed by atoms with E-state index in [1.165, 1.54) is 34.2 Å². The molecule has 0 atom stereocenters. The first-order valence-electron chi connectivity index (χ1n) is 5.64. The maximum atomic E-state index is 4.69. The van der Waals surface area contributed by atoms with Crippen LogP contribution in [0.5, 0.6) is 0 Å². The van der Waals surface area contributed by atoms with E-state index in [2.05, 4.69) is 41.1 Å². The Morgan fingerprint density at radius 1 is 1.33 bits per heavy atom. The number of aliphatic imine (C=N–C) groups is 1. The van der Waals surface area contributed by atoms with Gasteiger partial charge in [0.25, 0.3) is 0 Å². The van der Waals surface area contributed by atoms with E-state index in [4.69, 9.17) is 4.99 Å². The number of fused-ring (bicyclic) bond motifs is 1. The van der Waals surface area contributed by atoms with Crippen LogP contribution in [-0.2, 0) is 6.42 Å². The van der Waals surface area contributed by atoms with Crippen LogP contribution in [0.25, 0.3) is 0 Å². The molecule has 0 saturated heterocycles. The third kappa shape index (κ3) is 2.31. The molecular weight excluding hydrogens is 250 g/mol. The summed E-state index contributed by atoms with van der Waals surface area (Å²) >= 11 is 3.63. The summed E-state index contributed by atoms with van der Waals surface area (Å²) in [5.41, 5.74) is 4.10. The molecule has 0 N–H and O–H groups in total. The van der Waals surface area contributed by atoms with Crippen molar-refractivity contribution in [2.45, 2.75) is 32.6 Å². The van der Waals surface area contributed by atoms with Crippen molar-refractivity contribution in [3.63, 3.8) is 0 Å². The van der Waals surface area contributed by atoms with E-state index < -0.39 is 0 Å². The van der Waals surface area contributed by atoms with Crippen molar-refractivity contribution in [2.24, 2.45) is 4.99 Å². The molecule has 1 aliphatic carbocycles. The van der Waals surface area contributed by atoms with Gasteiger partial charge in [0.05, 0.1) is 0 Å². The molecule has 0 heterocycles. The summed E-state index contributed by atoms with van der Waals surface area (Å²) in [5, 5.41) is 0. The lowest BCUT2D eigenvalue weighted by Gasteiger charge is -2.19. The first kappa shape index (κ1) is 10.9. The number of nitrogens with zero attached hydrogens (tertiary/aromatic N) is 1. The first-order chi connectivity index (χ1) is 7.33. The zero-order chi connectivity index (χ0) is 10.7. The molecule has 1 aliphatic rings. The van der Waals surface area contributed by atoms with Gasteiger partial charge in [-0.05, 0) is 37.3 Å². The van der Waals surface area contributed by atoms with E-state index in [9.17, 15) is 0 Å². The second-order valence-electron chi connectivity index (χ2n) is 3.96. The fourth-order valence-electron chi connectivity index (χ4n) is 2.08. The molecule has 0 aliphatic heterocycles. The Kier molecular flexibility index (Phi) is 3.57. The number of hydrogen-bond acceptors (Lipinski definition) is 1. The van der Waals surface area contributed by atoms with Crippen molar-refractivity contribution < 1.29 is 0 Å². The zero-order valence-electron chi connectivity index (χ0n) is 9.09. The highest BCUT2D eigenvalue weighted by molar-refractivity contribution is 9.10. The summed E-state index contributed by atoms with van der Waals surface area (Å²) in [6.07, 6.45) is 4.70. The molecule has 0 spiro atoms. The normalized spacial score (nSPS) is 17.9. The van der Waals surface area contributed by atoms with Crippen LogP contribution in [0.2, 0.25) is 0 Å². The molecule has 0 bridgehead atoms. The van der Waals surface area contributed by atoms with Crippen molar-refractivity contribution >= 4 is 21.6 Å². The molecule has 15 heavy (non-hydrogen) atoms. The standard InChI is InChI=1S/C13H16BrN/c1-2-9-15-12-8-4-6-10-5-3-7-11(14)13(10)12/h3,5,7H,2,4,6,8-9H2,1H3. The van der Waals surface area contributed by atoms with Gasteiger partial charge in [-0.15, -0.1) is 0 Å². The average Bonchev–Trinajstić information content (AvgIpc) is 2.26. The minimum Gasteiger partial charge on any atom is -0.289 e. The van der Waals surface area contributed by atoms with Gasteiger partial charge in [0.2, 0.25) is 0 Å². The molecule has 2 heteroatoms. The SMILES string of the molecule is CCCN=C1CCCc2cccc(Br)c21. The highest BCUT2D eigenvalue weighted by Gasteiger charge is 2.17. The van der Waals surface area contributed by atoms with Gasteiger partial charge in [-0.25, -0.2) is 0 Å². The van der Waals surface area contributed by atoms with Gasteiger partial charge >= 0.3 is 0 Å². The van der Waals surface area contributed by atoms with Crippen molar-refractivity contribution in [3.8, 4) is 0 Å². The van der Waals surface area contributed by atoms with Crippen LogP contribution < -0.4 is 0 Å². The van der Waals surface area contributed by atoms with Crippen molar-refractivity contribution in [3.05, 3.63) is 33.8 Å². The quantitative estimate of drug-likeness (QED) is 0.767. The lowest BCUT2D eigenvalue weighted by atomic mass is 9.90. The number of rotatable bonds is 2. The number of halogens is 1. The van der Waals surface area contributed by atoms with E-state index in [1.807, 2.05) is 0 Å². The Morgan fingerprint density at radius 3 is 3.00 bits per heavy atom. The Morgan fingerprint density at radius 2 is 2.20 bits per heavy atom. The van der Waals surface area contributed by atoms with E-state index in [-0.39, 0.29) is 0 Å². The molecule has 0 unspecified atom stereocenters. The molecular formula is C13H16BrN. The molecule has 0 aromatic heterocycles. The molecule has 2 rings (SSSR count). The molecule has 0 amide bonds. The van der Waals surface area contributed by atoms with Gasteiger partial charge < -0.3 is 0 Å². The highest BCUT2D eigenvalue weighted by Crippen LogP contribution is 2.28. The third-order valence-electron chi connectivity index (χ3n) is 2.77. The molecule has 1 aromatic carbocycles. The summed E-state index contributed by atoms with van der Waals surface area (Å²) in [5.74, 6) is 0. The summed E-state index contributed by atoms with van der Waals surface area (Å²) in [7, 11) is 0. The van der Waals surface area contributed by atoms with Gasteiger partial charge in [0, 0.05) is 22.3 Å². The minimum atomic E-state index is 0.954. The topological polar surface area (TPSA) is 12.4 Å².